The van der Waals surface area contributed by atoms with Gasteiger partial charge in [0.2, 0.25) is 15.9 Å². The molecule has 0 unspecified atom stereocenters. The molecule has 0 radical (unpaired) electrons. The van der Waals surface area contributed by atoms with Gasteiger partial charge in [0.05, 0.1) is 22.1 Å². The molecule has 2 aliphatic rings. The molecule has 0 bridgehead atoms. The predicted molar refractivity (Wildman–Crippen MR) is 111 cm³/mol. The highest BCUT2D eigenvalue weighted by Crippen LogP contribution is 2.22. The molecule has 2 aliphatic heterocycles. The monoisotopic (exact) mass is 443 g/mol. The maximum absolute atomic E-state index is 12.4. The molecule has 3 amide bonds. The highest BCUT2D eigenvalue weighted by atomic mass is 32.2. The van der Waals surface area contributed by atoms with E-state index in [0.29, 0.717) is 12.3 Å². The highest BCUT2D eigenvalue weighted by Gasteiger charge is 2.36. The van der Waals surface area contributed by atoms with Gasteiger partial charge in [0, 0.05) is 18.8 Å². The lowest BCUT2D eigenvalue weighted by atomic mass is 10.1. The van der Waals surface area contributed by atoms with Gasteiger partial charge in [-0.2, -0.15) is 0 Å². The molecule has 0 aliphatic carbocycles. The third-order valence-electron chi connectivity index (χ3n) is 5.15. The molecule has 2 heterocycles. The molecule has 162 valence electrons. The Labute approximate surface area is 179 Å². The van der Waals surface area contributed by atoms with Crippen LogP contribution in [0, 0.1) is 0 Å². The first kappa shape index (κ1) is 21.2. The Morgan fingerprint density at radius 3 is 2.26 bits per heavy atom. The highest BCUT2D eigenvalue weighted by molar-refractivity contribution is 7.89. The number of benzene rings is 2. The summed E-state index contributed by atoms with van der Waals surface area (Å²) < 4.78 is 32.7. The Hall–Kier alpha value is -3.08. The SMILES string of the molecule is O=C(CN1C(=O)c2ccccc2C1=O)Nc1ccc(S(=O)(=O)NC[C@@H]2CCCO2)cc1. The topological polar surface area (TPSA) is 122 Å². The van der Waals surface area contributed by atoms with Gasteiger partial charge in [0.25, 0.3) is 11.8 Å². The quantitative estimate of drug-likeness (QED) is 0.624. The van der Waals surface area contributed by atoms with E-state index in [1.807, 2.05) is 0 Å². The molecule has 0 spiro atoms. The molecule has 9 nitrogen and oxygen atoms in total. The molecule has 2 N–H and O–H groups in total. The largest absolute Gasteiger partial charge is 0.377 e. The maximum Gasteiger partial charge on any atom is 0.262 e. The molecule has 2 aromatic carbocycles. The molecule has 0 aromatic heterocycles. The van der Waals surface area contributed by atoms with Gasteiger partial charge in [-0.3, -0.25) is 19.3 Å². The van der Waals surface area contributed by atoms with Crippen molar-refractivity contribution in [3.63, 3.8) is 0 Å². The van der Waals surface area contributed by atoms with Gasteiger partial charge in [0.1, 0.15) is 6.54 Å². The van der Waals surface area contributed by atoms with Gasteiger partial charge in [-0.15, -0.1) is 0 Å². The molecule has 1 saturated heterocycles. The Bertz CT molecular complexity index is 1090. The number of fused-ring (bicyclic) bond motifs is 1. The van der Waals surface area contributed by atoms with Crippen molar-refractivity contribution in [2.45, 2.75) is 23.8 Å². The van der Waals surface area contributed by atoms with Crippen LogP contribution in [-0.4, -0.2) is 56.8 Å². The van der Waals surface area contributed by atoms with Gasteiger partial charge in [-0.1, -0.05) is 12.1 Å². The molecule has 4 rings (SSSR count). The lowest BCUT2D eigenvalue weighted by Gasteiger charge is -2.14. The van der Waals surface area contributed by atoms with Crippen molar-refractivity contribution in [2.75, 3.05) is 25.0 Å². The standard InChI is InChI=1S/C21H21N3O6S/c25-19(13-24-20(26)17-5-1-2-6-18(17)21(24)27)23-14-7-9-16(10-8-14)31(28,29)22-12-15-4-3-11-30-15/h1-2,5-10,15,22H,3-4,11-13H2,(H,23,25)/t15-/m0/s1. The van der Waals surface area contributed by atoms with Crippen molar-refractivity contribution in [1.82, 2.24) is 9.62 Å². The number of nitrogens with zero attached hydrogens (tertiary/aromatic N) is 1. The molecule has 1 fully saturated rings. The zero-order valence-electron chi connectivity index (χ0n) is 16.5. The summed E-state index contributed by atoms with van der Waals surface area (Å²) >= 11 is 0. The van der Waals surface area contributed by atoms with Crippen molar-refractivity contribution in [2.24, 2.45) is 0 Å². The molecule has 31 heavy (non-hydrogen) atoms. The van der Waals surface area contributed by atoms with Crippen molar-refractivity contribution >= 4 is 33.4 Å². The average molecular weight is 443 g/mol. The van der Waals surface area contributed by atoms with E-state index in [9.17, 15) is 22.8 Å². The number of ether oxygens (including phenoxy) is 1. The third kappa shape index (κ3) is 4.50. The van der Waals surface area contributed by atoms with Crippen LogP contribution in [0.2, 0.25) is 0 Å². The molecule has 10 heteroatoms. The number of hydrogen-bond acceptors (Lipinski definition) is 6. The first-order valence-corrected chi connectivity index (χ1v) is 11.3. The Morgan fingerprint density at radius 2 is 1.68 bits per heavy atom. The lowest BCUT2D eigenvalue weighted by molar-refractivity contribution is -0.116. The smallest absolute Gasteiger partial charge is 0.262 e. The van der Waals surface area contributed by atoms with E-state index in [1.165, 1.54) is 24.3 Å². The van der Waals surface area contributed by atoms with Crippen molar-refractivity contribution in [3.8, 4) is 0 Å². The zero-order valence-corrected chi connectivity index (χ0v) is 17.4. The van der Waals surface area contributed by atoms with Crippen LogP contribution in [0.4, 0.5) is 5.69 Å². The van der Waals surface area contributed by atoms with Crippen LogP contribution in [0.3, 0.4) is 0 Å². The average Bonchev–Trinajstić information content (AvgIpc) is 3.36. The maximum atomic E-state index is 12.4. The fourth-order valence-electron chi connectivity index (χ4n) is 3.54. The van der Waals surface area contributed by atoms with Crippen LogP contribution < -0.4 is 10.0 Å². The number of sulfonamides is 1. The van der Waals surface area contributed by atoms with E-state index < -0.39 is 34.3 Å². The minimum Gasteiger partial charge on any atom is -0.377 e. The second-order valence-corrected chi connectivity index (χ2v) is 9.07. The molecular weight excluding hydrogens is 422 g/mol. The second kappa shape index (κ2) is 8.58. The van der Waals surface area contributed by atoms with Crippen molar-refractivity contribution < 1.29 is 27.5 Å². The minimum atomic E-state index is -3.70. The molecule has 1 atom stereocenters. The first-order chi connectivity index (χ1) is 14.8. The van der Waals surface area contributed by atoms with E-state index >= 15 is 0 Å². The number of imide groups is 1. The number of carbonyl (C=O) groups excluding carboxylic acids is 3. The summed E-state index contributed by atoms with van der Waals surface area (Å²) in [6.45, 7) is 0.415. The normalized spacial score (nSPS) is 18.3. The van der Waals surface area contributed by atoms with E-state index in [4.69, 9.17) is 4.74 Å². The molecular formula is C21H21N3O6S. The van der Waals surface area contributed by atoms with Crippen LogP contribution >= 0.6 is 0 Å². The fourth-order valence-corrected chi connectivity index (χ4v) is 4.60. The predicted octanol–water partition coefficient (Wildman–Crippen LogP) is 1.38. The Balaban J connectivity index is 1.35. The Kier molecular flexibility index (Phi) is 5.86. The van der Waals surface area contributed by atoms with Crippen LogP contribution in [0.1, 0.15) is 33.6 Å². The third-order valence-corrected chi connectivity index (χ3v) is 6.59. The van der Waals surface area contributed by atoms with E-state index in [0.717, 1.165) is 17.7 Å². The summed E-state index contributed by atoms with van der Waals surface area (Å²) in [5.41, 5.74) is 0.885. The fraction of sp³-hybridized carbons (Fsp3) is 0.286. The summed E-state index contributed by atoms with van der Waals surface area (Å²) in [6, 6.07) is 12.0. The summed E-state index contributed by atoms with van der Waals surface area (Å²) in [5.74, 6) is -1.61. The lowest BCUT2D eigenvalue weighted by Crippen LogP contribution is -2.37. The van der Waals surface area contributed by atoms with Crippen LogP contribution in [0.5, 0.6) is 0 Å². The first-order valence-electron chi connectivity index (χ1n) is 9.81. The second-order valence-electron chi connectivity index (χ2n) is 7.30. The summed E-state index contributed by atoms with van der Waals surface area (Å²) in [7, 11) is -3.70. The molecule has 0 saturated carbocycles. The number of amides is 3. The van der Waals surface area contributed by atoms with Crippen LogP contribution in [0.15, 0.2) is 53.4 Å². The van der Waals surface area contributed by atoms with Gasteiger partial charge in [0.15, 0.2) is 0 Å². The number of nitrogens with one attached hydrogen (secondary N) is 2. The Morgan fingerprint density at radius 1 is 1.03 bits per heavy atom. The number of hydrogen-bond donors (Lipinski definition) is 2. The van der Waals surface area contributed by atoms with E-state index in [1.54, 1.807) is 24.3 Å². The van der Waals surface area contributed by atoms with Crippen LogP contribution in [0.25, 0.3) is 0 Å². The molecule has 2 aromatic rings. The van der Waals surface area contributed by atoms with Gasteiger partial charge in [-0.05, 0) is 49.2 Å². The van der Waals surface area contributed by atoms with E-state index in [2.05, 4.69) is 10.0 Å². The summed E-state index contributed by atoms with van der Waals surface area (Å²) in [5, 5.41) is 2.57. The van der Waals surface area contributed by atoms with Crippen LogP contribution in [-0.2, 0) is 19.6 Å². The zero-order chi connectivity index (χ0) is 22.0. The number of carbonyl (C=O) groups is 3. The minimum absolute atomic E-state index is 0.0591. The summed E-state index contributed by atoms with van der Waals surface area (Å²) in [4.78, 5) is 38.0. The van der Waals surface area contributed by atoms with E-state index in [-0.39, 0.29) is 28.7 Å². The summed E-state index contributed by atoms with van der Waals surface area (Å²) in [6.07, 6.45) is 1.62. The van der Waals surface area contributed by atoms with Crippen molar-refractivity contribution in [1.29, 1.82) is 0 Å². The van der Waals surface area contributed by atoms with Gasteiger partial charge < -0.3 is 10.1 Å². The van der Waals surface area contributed by atoms with Crippen molar-refractivity contribution in [3.05, 3.63) is 59.7 Å². The van der Waals surface area contributed by atoms with Gasteiger partial charge >= 0.3 is 0 Å². The number of rotatable bonds is 7. The van der Waals surface area contributed by atoms with Gasteiger partial charge in [-0.25, -0.2) is 13.1 Å². The number of anilines is 1.